The molecule has 2 amide bonds. The predicted molar refractivity (Wildman–Crippen MR) is 288 cm³/mol. The van der Waals surface area contributed by atoms with Gasteiger partial charge in [-0.05, 0) is 93.7 Å². The number of benzene rings is 2. The number of aliphatic hydroxyl groups excluding tert-OH is 5. The van der Waals surface area contributed by atoms with Crippen molar-refractivity contribution in [1.82, 2.24) is 20.4 Å². The first-order valence-electron chi connectivity index (χ1n) is 26.8. The molecule has 8 rings (SSSR count). The van der Waals surface area contributed by atoms with E-state index in [4.69, 9.17) is 21.1 Å². The summed E-state index contributed by atoms with van der Waals surface area (Å²) in [7, 11) is 0. The van der Waals surface area contributed by atoms with E-state index < -0.39 is 79.9 Å². The summed E-state index contributed by atoms with van der Waals surface area (Å²) in [6, 6.07) is 17.9. The number of amides is 2. The second-order valence-corrected chi connectivity index (χ2v) is 22.0. The zero-order valence-corrected chi connectivity index (χ0v) is 45.1. The van der Waals surface area contributed by atoms with Gasteiger partial charge in [0.05, 0.1) is 18.6 Å². The van der Waals surface area contributed by atoms with E-state index in [-0.39, 0.29) is 35.4 Å². The molecule has 3 aromatic rings. The van der Waals surface area contributed by atoms with Crippen LogP contribution in [0.3, 0.4) is 0 Å². The number of hydrazine groups is 1. The van der Waals surface area contributed by atoms with E-state index >= 15 is 0 Å². The number of alkyl halides is 3. The van der Waals surface area contributed by atoms with Crippen LogP contribution in [0, 0.1) is 0 Å². The predicted octanol–water partition coefficient (Wildman–Crippen LogP) is 6.50. The van der Waals surface area contributed by atoms with Crippen molar-refractivity contribution in [2.45, 2.75) is 164 Å². The van der Waals surface area contributed by atoms with Gasteiger partial charge in [-0.3, -0.25) is 19.6 Å². The molecule has 2 saturated heterocycles. The zero-order chi connectivity index (χ0) is 56.1. The molecule has 0 saturated carbocycles. The van der Waals surface area contributed by atoms with E-state index in [2.05, 4.69) is 113 Å². The van der Waals surface area contributed by atoms with Crippen molar-refractivity contribution in [2.75, 3.05) is 36.5 Å². The molecule has 8 N–H and O–H groups in total. The van der Waals surface area contributed by atoms with Crippen LogP contribution < -0.4 is 26.8 Å². The Kier molecular flexibility index (Phi) is 18.7. The number of aromatic nitrogens is 2. The summed E-state index contributed by atoms with van der Waals surface area (Å²) >= 11 is 7.32. The van der Waals surface area contributed by atoms with E-state index in [0.29, 0.717) is 36.9 Å². The summed E-state index contributed by atoms with van der Waals surface area (Å²) < 4.78 is 57.1. The molecule has 21 heteroatoms. The molecule has 0 radical (unpaired) electrons. The Hall–Kier alpha value is -5.55. The summed E-state index contributed by atoms with van der Waals surface area (Å²) in [5.74, 6) is -4.74. The molecule has 5 heterocycles. The Morgan fingerprint density at radius 1 is 0.833 bits per heavy atom. The van der Waals surface area contributed by atoms with Gasteiger partial charge in [0.25, 0.3) is 0 Å². The van der Waals surface area contributed by atoms with Gasteiger partial charge in [-0.25, -0.2) is 14.6 Å². The number of fused-ring (bicyclic) bond motifs is 2. The first-order chi connectivity index (χ1) is 37.2. The van der Waals surface area contributed by atoms with Gasteiger partial charge >= 0.3 is 11.6 Å². The molecular weight excluding hydrogens is 1030 g/mol. The minimum absolute atomic E-state index is 0.108. The normalized spacial score (nSPS) is 27.3. The molecule has 5 unspecified atom stereocenters. The number of allylic oxidation sites excluding steroid dienone is 8. The third kappa shape index (κ3) is 12.3. The number of anilines is 2. The Balaban J connectivity index is 0.883. The topological polar surface area (TPSA) is 231 Å². The maximum absolute atomic E-state index is 14.6. The van der Waals surface area contributed by atoms with Crippen molar-refractivity contribution in [3.8, 4) is 0 Å². The largest absolute Gasteiger partial charge is 0.394 e. The lowest BCUT2D eigenvalue weighted by atomic mass is 9.81. The van der Waals surface area contributed by atoms with Gasteiger partial charge in [-0.1, -0.05) is 80.4 Å². The molecule has 2 fully saturated rings. The molecule has 0 spiro atoms. The first kappa shape index (κ1) is 58.6. The van der Waals surface area contributed by atoms with E-state index in [1.807, 2.05) is 18.2 Å². The van der Waals surface area contributed by atoms with Crippen molar-refractivity contribution >= 4 is 46.3 Å². The van der Waals surface area contributed by atoms with Gasteiger partial charge in [-0.15, -0.1) is 0 Å². The molecule has 78 heavy (non-hydrogen) atoms. The van der Waals surface area contributed by atoms with Gasteiger partial charge < -0.3 is 45.2 Å². The third-order valence-electron chi connectivity index (χ3n) is 15.6. The lowest BCUT2D eigenvalue weighted by molar-refractivity contribution is -0.438. The number of para-hydroxylation sites is 2. The van der Waals surface area contributed by atoms with E-state index in [9.17, 15) is 53.1 Å². The maximum atomic E-state index is 14.6. The molecule has 4 aliphatic heterocycles. The Morgan fingerprint density at radius 2 is 1.53 bits per heavy atom. The average Bonchev–Trinajstić information content (AvgIpc) is 3.90. The van der Waals surface area contributed by atoms with Crippen LogP contribution in [0.15, 0.2) is 112 Å². The molecule has 17 nitrogen and oxygen atoms in total. The molecule has 1 aromatic heterocycles. The van der Waals surface area contributed by atoms with Crippen LogP contribution in [-0.2, 0) is 29.9 Å². The van der Waals surface area contributed by atoms with Crippen LogP contribution in [-0.4, -0.2) is 132 Å². The van der Waals surface area contributed by atoms with E-state index in [1.165, 1.54) is 17.2 Å². The Bertz CT molecular complexity index is 2910. The van der Waals surface area contributed by atoms with Crippen LogP contribution in [0.2, 0.25) is 0 Å². The molecule has 0 bridgehead atoms. The molecule has 5 aliphatic rings. The summed E-state index contributed by atoms with van der Waals surface area (Å²) in [5, 5.41) is 51.8. The number of aliphatic hydroxyl groups is 5. The summed E-state index contributed by atoms with van der Waals surface area (Å²) in [6.45, 7) is 8.78. The summed E-state index contributed by atoms with van der Waals surface area (Å²) in [6.07, 6.45) is 2.60. The van der Waals surface area contributed by atoms with Crippen LogP contribution >= 0.6 is 11.6 Å². The second-order valence-electron chi connectivity index (χ2n) is 21.6. The smallest absolute Gasteiger partial charge is 0.351 e. The average molecular weight is 1110 g/mol. The quantitative estimate of drug-likeness (QED) is 0.0324. The number of carbonyl (C=O) groups excluding carboxylic acids is 2. The highest BCUT2D eigenvalue weighted by Gasteiger charge is 2.59. The number of hydrogen-bond acceptors (Lipinski definition) is 13. The van der Waals surface area contributed by atoms with Crippen LogP contribution in [0.4, 0.5) is 30.4 Å². The molecule has 1 aliphatic carbocycles. The lowest BCUT2D eigenvalue weighted by Crippen LogP contribution is -2.63. The summed E-state index contributed by atoms with van der Waals surface area (Å²) in [4.78, 5) is 44.3. The molecule has 422 valence electrons. The second kappa shape index (κ2) is 24.9. The highest BCUT2D eigenvalue weighted by atomic mass is 35.5. The highest BCUT2D eigenvalue weighted by molar-refractivity contribution is 6.32. The molecule has 8 atom stereocenters. The number of unbranched alkanes of at least 4 members (excludes halogenated alkanes) is 4. The fourth-order valence-electron chi connectivity index (χ4n) is 11.2. The van der Waals surface area contributed by atoms with Crippen LogP contribution in [0.1, 0.15) is 116 Å². The lowest BCUT2D eigenvalue weighted by Gasteiger charge is -2.38. The summed E-state index contributed by atoms with van der Waals surface area (Å²) in [5.41, 5.74) is 12.2. The van der Waals surface area contributed by atoms with Crippen molar-refractivity contribution < 1.29 is 62.3 Å². The third-order valence-corrected chi connectivity index (χ3v) is 16.1. The Morgan fingerprint density at radius 3 is 2.24 bits per heavy atom. The van der Waals surface area contributed by atoms with Crippen molar-refractivity contribution in [3.05, 3.63) is 129 Å². The standard InChI is InChI=1S/C57H71ClF3N7O10/c1-55(2)36-18-9-11-20-38(36)66(29-13-5-7-22-45(71)62-44-28-31-68(54(76)63-44)53-57(60,61)51(75)41(33-70)78-53)42(55)26-24-34-16-15-17-35(47(34)58)25-27-43-56(3,4)37-19-10-12-21-39(37)67(43)30-14-6-8-23-46(72)64-65-52-48(59)50(74)49(73)40(32-69)77-52/h9-12,18-21,24-28,31,40-41,48-53,65,69-70,73-75H,5-8,13-17,22-23,29-30,32-33H2,1-4H3,(H-,62,63,64,71,72,76)/p+1/t40?,41?,48?,49-,50-,51?,52-,53?/m1/s1/i59-1. The van der Waals surface area contributed by atoms with E-state index in [1.54, 1.807) is 0 Å². The molecular formula is C57H72ClF3N7O10+. The van der Waals surface area contributed by atoms with Crippen molar-refractivity contribution in [2.24, 2.45) is 0 Å². The Labute approximate surface area is 456 Å². The minimum Gasteiger partial charge on any atom is -0.394 e. The zero-order valence-electron chi connectivity index (χ0n) is 44.4. The van der Waals surface area contributed by atoms with Gasteiger partial charge in [0.1, 0.15) is 36.8 Å². The van der Waals surface area contributed by atoms with Gasteiger partial charge in [0, 0.05) is 71.5 Å². The number of carbonyl (C=O) groups is 2. The minimum atomic E-state index is -3.86. The van der Waals surface area contributed by atoms with Gasteiger partial charge in [0.2, 0.25) is 23.7 Å². The maximum Gasteiger partial charge on any atom is 0.351 e. The highest BCUT2D eigenvalue weighted by Crippen LogP contribution is 2.48. The molecule has 2 aromatic carbocycles. The van der Waals surface area contributed by atoms with Crippen molar-refractivity contribution in [3.63, 3.8) is 0 Å². The van der Waals surface area contributed by atoms with Crippen molar-refractivity contribution in [1.29, 1.82) is 0 Å². The fourth-order valence-corrected chi connectivity index (χ4v) is 11.5. The number of rotatable bonds is 21. The first-order valence-corrected chi connectivity index (χ1v) is 27.2. The number of ether oxygens (including phenoxy) is 2. The van der Waals surface area contributed by atoms with E-state index in [0.717, 1.165) is 83.7 Å². The number of nitrogens with one attached hydrogen (secondary N) is 3. The van der Waals surface area contributed by atoms with Crippen LogP contribution in [0.5, 0.6) is 0 Å². The van der Waals surface area contributed by atoms with Crippen LogP contribution in [0.25, 0.3) is 0 Å². The number of hydrogen-bond donors (Lipinski definition) is 8. The van der Waals surface area contributed by atoms with Gasteiger partial charge in [-0.2, -0.15) is 18.3 Å². The van der Waals surface area contributed by atoms with Gasteiger partial charge in [0.15, 0.2) is 24.2 Å². The number of halogens is 4. The monoisotopic (exact) mass is 1110 g/mol. The fraction of sp³-hybridized carbons (Fsp3) is 0.526. The SMILES string of the molecule is CC1(C)C(/C=C/C2=C(Cl)C(=C/C=C3/N(CCCCCC(=O)Nc4ccn(C5OC(CO)C(O)C5(F)F)c(=O)n4)c4ccccc4C3(C)C)/CCC2)=[N+](CCCCCC(=O)NN[C@@H]2OC(CO)[C@@H](O)[C@H](O)C2[18F])c2ccccc21. The number of nitrogens with zero attached hydrogens (tertiary/aromatic N) is 4.